The Morgan fingerprint density at radius 2 is 2.03 bits per heavy atom. The number of methoxy groups -OCH3 is 1. The third kappa shape index (κ3) is 6.99. The van der Waals surface area contributed by atoms with Gasteiger partial charge in [-0.1, -0.05) is 18.2 Å². The van der Waals surface area contributed by atoms with Crippen LogP contribution in [0.3, 0.4) is 0 Å². The first-order valence-corrected chi connectivity index (χ1v) is 10.4. The van der Waals surface area contributed by atoms with Crippen molar-refractivity contribution in [3.05, 3.63) is 59.7 Å². The van der Waals surface area contributed by atoms with E-state index >= 15 is 0 Å². The van der Waals surface area contributed by atoms with Crippen LogP contribution in [-0.4, -0.2) is 61.5 Å². The fraction of sp³-hybridized carbons (Fsp3) is 0.417. The molecule has 0 saturated carbocycles. The Balaban J connectivity index is 1.43. The van der Waals surface area contributed by atoms with Crippen LogP contribution < -0.4 is 9.47 Å². The summed E-state index contributed by atoms with van der Waals surface area (Å²) in [7, 11) is 1.37. The van der Waals surface area contributed by atoms with E-state index < -0.39 is 6.10 Å². The third-order valence-electron chi connectivity index (χ3n) is 5.21. The molecule has 1 heterocycles. The molecule has 7 heteroatoms. The number of para-hydroxylation sites is 1. The summed E-state index contributed by atoms with van der Waals surface area (Å²) in [6.07, 6.45) is 1.11. The monoisotopic (exact) mass is 424 g/mol. The molecule has 1 N–H and O–H groups in total. The van der Waals surface area contributed by atoms with Crippen LogP contribution in [0.15, 0.2) is 48.5 Å². The summed E-state index contributed by atoms with van der Waals surface area (Å²) in [5.74, 6) is 1.16. The smallest absolute Gasteiger partial charge is 0.305 e. The Morgan fingerprint density at radius 1 is 1.26 bits per heavy atom. The number of aryl methyl sites for hydroxylation is 1. The Kier molecular flexibility index (Phi) is 8.27. The molecule has 2 aromatic carbocycles. The number of carbonyl (C=O) groups excluding carboxylic acids is 1. The summed E-state index contributed by atoms with van der Waals surface area (Å²) in [6.45, 7) is 2.24. The number of hydrogen-bond donors (Lipinski definition) is 1. The molecule has 7 nitrogen and oxygen atoms in total. The number of rotatable bonds is 10. The lowest BCUT2D eigenvalue weighted by Crippen LogP contribution is -2.35. The van der Waals surface area contributed by atoms with Gasteiger partial charge in [0.1, 0.15) is 30.3 Å². The fourth-order valence-electron chi connectivity index (χ4n) is 3.59. The van der Waals surface area contributed by atoms with Crippen molar-refractivity contribution in [3.8, 4) is 17.6 Å². The van der Waals surface area contributed by atoms with Gasteiger partial charge in [0.05, 0.1) is 18.7 Å². The molecule has 2 atom stereocenters. The molecule has 0 spiro atoms. The second-order valence-corrected chi connectivity index (χ2v) is 7.57. The minimum absolute atomic E-state index is 0.0556. The first kappa shape index (κ1) is 22.6. The molecule has 0 amide bonds. The molecule has 0 aromatic heterocycles. The highest BCUT2D eigenvalue weighted by molar-refractivity contribution is 5.69. The molecule has 1 aliphatic heterocycles. The number of esters is 1. The van der Waals surface area contributed by atoms with Crippen molar-refractivity contribution >= 4 is 5.97 Å². The maximum atomic E-state index is 11.4. The number of benzene rings is 2. The molecule has 1 fully saturated rings. The fourth-order valence-corrected chi connectivity index (χ4v) is 3.59. The standard InChI is InChI=1S/C24H28N2O5/c1-29-24(28)11-8-19-4-2-3-5-23(19)30-17-20(27)15-26-13-12-22(16-26)31-21-9-6-18(14-25)7-10-21/h2-7,9-10,20,22,27H,8,11-13,15-17H2,1H3. The normalized spacial score (nSPS) is 17.0. The van der Waals surface area contributed by atoms with E-state index in [0.717, 1.165) is 30.8 Å². The zero-order valence-corrected chi connectivity index (χ0v) is 17.7. The number of aliphatic hydroxyl groups is 1. The van der Waals surface area contributed by atoms with E-state index in [0.29, 0.717) is 24.3 Å². The summed E-state index contributed by atoms with van der Waals surface area (Å²) in [5, 5.41) is 19.3. The lowest BCUT2D eigenvalue weighted by Gasteiger charge is -2.21. The number of aliphatic hydroxyl groups excluding tert-OH is 1. The average Bonchev–Trinajstić information content (AvgIpc) is 3.23. The van der Waals surface area contributed by atoms with Gasteiger partial charge >= 0.3 is 5.97 Å². The summed E-state index contributed by atoms with van der Waals surface area (Å²) >= 11 is 0. The van der Waals surface area contributed by atoms with Crippen LogP contribution in [0.2, 0.25) is 0 Å². The van der Waals surface area contributed by atoms with Gasteiger partial charge in [0.2, 0.25) is 0 Å². The highest BCUT2D eigenvalue weighted by Gasteiger charge is 2.25. The number of carbonyl (C=O) groups is 1. The topological polar surface area (TPSA) is 92.0 Å². The van der Waals surface area contributed by atoms with Crippen molar-refractivity contribution in [1.82, 2.24) is 4.90 Å². The van der Waals surface area contributed by atoms with E-state index in [9.17, 15) is 9.90 Å². The van der Waals surface area contributed by atoms with E-state index in [-0.39, 0.29) is 25.1 Å². The van der Waals surface area contributed by atoms with E-state index in [1.165, 1.54) is 7.11 Å². The molecular formula is C24H28N2O5. The predicted molar refractivity (Wildman–Crippen MR) is 115 cm³/mol. The molecular weight excluding hydrogens is 396 g/mol. The van der Waals surface area contributed by atoms with Crippen LogP contribution in [0.25, 0.3) is 0 Å². The van der Waals surface area contributed by atoms with Crippen molar-refractivity contribution in [1.29, 1.82) is 5.26 Å². The second-order valence-electron chi connectivity index (χ2n) is 7.57. The molecule has 0 radical (unpaired) electrons. The molecule has 0 bridgehead atoms. The number of hydrogen-bond acceptors (Lipinski definition) is 7. The third-order valence-corrected chi connectivity index (χ3v) is 5.21. The van der Waals surface area contributed by atoms with Crippen molar-refractivity contribution in [2.45, 2.75) is 31.5 Å². The van der Waals surface area contributed by atoms with Gasteiger partial charge in [-0.2, -0.15) is 5.26 Å². The average molecular weight is 424 g/mol. The largest absolute Gasteiger partial charge is 0.491 e. The predicted octanol–water partition coefficient (Wildman–Crippen LogP) is 2.56. The second kappa shape index (κ2) is 11.3. The Labute approximate surface area is 182 Å². The van der Waals surface area contributed by atoms with Gasteiger partial charge in [-0.25, -0.2) is 0 Å². The molecule has 2 aromatic rings. The van der Waals surface area contributed by atoms with Crippen LogP contribution >= 0.6 is 0 Å². The Morgan fingerprint density at radius 3 is 2.77 bits per heavy atom. The number of β-amino-alcohol motifs (C(OH)–C–C–N with tert-alkyl or cyclic N) is 1. The van der Waals surface area contributed by atoms with Gasteiger partial charge in [-0.15, -0.1) is 0 Å². The van der Waals surface area contributed by atoms with Crippen LogP contribution in [0.4, 0.5) is 0 Å². The molecule has 164 valence electrons. The lowest BCUT2D eigenvalue weighted by atomic mass is 10.1. The van der Waals surface area contributed by atoms with Gasteiger partial charge in [-0.05, 0) is 48.7 Å². The Bertz CT molecular complexity index is 894. The minimum atomic E-state index is -0.637. The highest BCUT2D eigenvalue weighted by Crippen LogP contribution is 2.21. The molecule has 1 saturated heterocycles. The summed E-state index contributed by atoms with van der Waals surface area (Å²) < 4.78 is 16.5. The van der Waals surface area contributed by atoms with Crippen LogP contribution in [0.5, 0.6) is 11.5 Å². The number of likely N-dealkylation sites (tertiary alicyclic amines) is 1. The van der Waals surface area contributed by atoms with Crippen LogP contribution in [0, 0.1) is 11.3 Å². The van der Waals surface area contributed by atoms with Crippen molar-refractivity contribution < 1.29 is 24.1 Å². The zero-order valence-electron chi connectivity index (χ0n) is 17.7. The number of nitriles is 1. The molecule has 1 aliphatic rings. The Hall–Kier alpha value is -3.08. The van der Waals surface area contributed by atoms with Gasteiger partial charge in [0.25, 0.3) is 0 Å². The maximum absolute atomic E-state index is 11.4. The van der Waals surface area contributed by atoms with E-state index in [1.807, 2.05) is 36.4 Å². The first-order valence-electron chi connectivity index (χ1n) is 10.4. The summed E-state index contributed by atoms with van der Waals surface area (Å²) in [4.78, 5) is 13.6. The van der Waals surface area contributed by atoms with Gasteiger partial charge < -0.3 is 19.3 Å². The molecule has 2 unspecified atom stereocenters. The van der Waals surface area contributed by atoms with Gasteiger partial charge in [0, 0.05) is 26.1 Å². The van der Waals surface area contributed by atoms with Crippen LogP contribution in [-0.2, 0) is 16.0 Å². The van der Waals surface area contributed by atoms with Crippen molar-refractivity contribution in [3.63, 3.8) is 0 Å². The van der Waals surface area contributed by atoms with E-state index in [4.69, 9.17) is 19.5 Å². The van der Waals surface area contributed by atoms with E-state index in [2.05, 4.69) is 11.0 Å². The van der Waals surface area contributed by atoms with Gasteiger partial charge in [-0.3, -0.25) is 9.69 Å². The van der Waals surface area contributed by atoms with Crippen molar-refractivity contribution in [2.75, 3.05) is 33.4 Å². The van der Waals surface area contributed by atoms with E-state index in [1.54, 1.807) is 12.1 Å². The summed E-state index contributed by atoms with van der Waals surface area (Å²) in [5.41, 5.74) is 1.52. The van der Waals surface area contributed by atoms with Crippen LogP contribution in [0.1, 0.15) is 24.0 Å². The molecule has 3 rings (SSSR count). The number of ether oxygens (including phenoxy) is 3. The molecule has 0 aliphatic carbocycles. The minimum Gasteiger partial charge on any atom is -0.491 e. The van der Waals surface area contributed by atoms with Gasteiger partial charge in [0.15, 0.2) is 0 Å². The van der Waals surface area contributed by atoms with Crippen molar-refractivity contribution in [2.24, 2.45) is 0 Å². The maximum Gasteiger partial charge on any atom is 0.305 e. The SMILES string of the molecule is COC(=O)CCc1ccccc1OCC(O)CN1CCC(Oc2ccc(C#N)cc2)C1. The quantitative estimate of drug-likeness (QED) is 0.586. The summed E-state index contributed by atoms with van der Waals surface area (Å²) in [6, 6.07) is 16.7. The zero-order chi connectivity index (χ0) is 22.1. The lowest BCUT2D eigenvalue weighted by molar-refractivity contribution is -0.140. The number of nitrogens with zero attached hydrogens (tertiary/aromatic N) is 2. The first-order chi connectivity index (χ1) is 15.1. The highest BCUT2D eigenvalue weighted by atomic mass is 16.5. The molecule has 31 heavy (non-hydrogen) atoms.